The summed E-state index contributed by atoms with van der Waals surface area (Å²) < 4.78 is 7.11. The van der Waals surface area contributed by atoms with Crippen LogP contribution < -0.4 is 5.32 Å². The lowest BCUT2D eigenvalue weighted by atomic mass is 9.85. The summed E-state index contributed by atoms with van der Waals surface area (Å²) in [7, 11) is 3.93. The molecule has 2 N–H and O–H groups in total. The Kier molecular flexibility index (Phi) is 5.53. The van der Waals surface area contributed by atoms with E-state index in [9.17, 15) is 9.90 Å². The number of carbonyl (C=O) groups is 1. The fourth-order valence-electron chi connectivity index (χ4n) is 4.76. The van der Waals surface area contributed by atoms with E-state index in [2.05, 4.69) is 22.2 Å². The first-order valence-electron chi connectivity index (χ1n) is 11.0. The molecule has 1 amide bonds. The van der Waals surface area contributed by atoms with Crippen LogP contribution in [0.4, 0.5) is 5.69 Å². The zero-order valence-electron chi connectivity index (χ0n) is 19.0. The van der Waals surface area contributed by atoms with Gasteiger partial charge in [-0.1, -0.05) is 41.9 Å². The normalized spacial score (nSPS) is 17.4. The van der Waals surface area contributed by atoms with E-state index in [0.717, 1.165) is 53.2 Å². The molecule has 0 spiro atoms. The van der Waals surface area contributed by atoms with E-state index in [0.29, 0.717) is 16.5 Å². The van der Waals surface area contributed by atoms with Gasteiger partial charge in [0.05, 0.1) is 29.6 Å². The van der Waals surface area contributed by atoms with E-state index < -0.39 is 5.60 Å². The molecule has 5 rings (SSSR count). The molecular formula is C25H27ClN4O3. The number of nitrogens with zero attached hydrogens (tertiary/aromatic N) is 3. The number of imidazole rings is 1. The maximum Gasteiger partial charge on any atom is 0.291 e. The minimum absolute atomic E-state index is 0.282. The van der Waals surface area contributed by atoms with Crippen LogP contribution in [0.2, 0.25) is 5.02 Å². The summed E-state index contributed by atoms with van der Waals surface area (Å²) >= 11 is 6.79. The Morgan fingerprint density at radius 3 is 2.64 bits per heavy atom. The molecular weight excluding hydrogens is 440 g/mol. The van der Waals surface area contributed by atoms with Gasteiger partial charge >= 0.3 is 0 Å². The van der Waals surface area contributed by atoms with Gasteiger partial charge in [-0.25, -0.2) is 4.98 Å². The third-order valence-electron chi connectivity index (χ3n) is 6.70. The number of hydrogen-bond acceptors (Lipinski definition) is 5. The summed E-state index contributed by atoms with van der Waals surface area (Å²) in [4.78, 5) is 19.9. The summed E-state index contributed by atoms with van der Waals surface area (Å²) in [5, 5.41) is 14.2. The first-order chi connectivity index (χ1) is 15.8. The van der Waals surface area contributed by atoms with Crippen LogP contribution in [0.1, 0.15) is 33.1 Å². The standard InChI is InChI=1S/C25H27ClN4O3/c1-15-16(6-4-8-18(15)25(32)13-33-14-25)17-7-5-9-19(22(17)26)28-24(31)23-27-20-12-29(2)11-10-21(20)30(23)3/h4-9,32H,10-14H2,1-3H3,(H,28,31). The van der Waals surface area contributed by atoms with Crippen molar-refractivity contribution in [3.63, 3.8) is 0 Å². The Hall–Kier alpha value is -2.71. The molecule has 0 unspecified atom stereocenters. The van der Waals surface area contributed by atoms with Gasteiger partial charge < -0.3 is 24.6 Å². The molecule has 1 fully saturated rings. The zero-order chi connectivity index (χ0) is 23.3. The SMILES string of the molecule is Cc1c(-c2cccc(NC(=O)c3nc4c(n3C)CCN(C)C4)c2Cl)cccc1C1(O)COC1. The number of aliphatic hydroxyl groups is 1. The summed E-state index contributed by atoms with van der Waals surface area (Å²) in [6, 6.07) is 11.4. The highest BCUT2D eigenvalue weighted by Gasteiger charge is 2.39. The van der Waals surface area contributed by atoms with E-state index in [4.69, 9.17) is 16.3 Å². The topological polar surface area (TPSA) is 79.6 Å². The van der Waals surface area contributed by atoms with E-state index >= 15 is 0 Å². The molecule has 3 aromatic rings. The fourth-order valence-corrected chi connectivity index (χ4v) is 5.03. The van der Waals surface area contributed by atoms with Crippen molar-refractivity contribution in [3.05, 3.63) is 69.8 Å². The van der Waals surface area contributed by atoms with Crippen molar-refractivity contribution in [2.75, 3.05) is 32.1 Å². The Morgan fingerprint density at radius 1 is 1.18 bits per heavy atom. The molecule has 0 bridgehead atoms. The monoisotopic (exact) mass is 466 g/mol. The maximum absolute atomic E-state index is 13.1. The minimum Gasteiger partial charge on any atom is -0.380 e. The van der Waals surface area contributed by atoms with Crippen LogP contribution in [0, 0.1) is 6.92 Å². The van der Waals surface area contributed by atoms with Gasteiger partial charge in [-0.05, 0) is 36.7 Å². The van der Waals surface area contributed by atoms with Crippen LogP contribution in [0.15, 0.2) is 36.4 Å². The third kappa shape index (κ3) is 3.75. The molecule has 1 saturated heterocycles. The van der Waals surface area contributed by atoms with E-state index in [-0.39, 0.29) is 19.1 Å². The molecule has 0 radical (unpaired) electrons. The number of nitrogens with one attached hydrogen (secondary N) is 1. The van der Waals surface area contributed by atoms with Gasteiger partial charge in [0, 0.05) is 37.8 Å². The highest BCUT2D eigenvalue weighted by atomic mass is 35.5. The van der Waals surface area contributed by atoms with Gasteiger partial charge in [0.15, 0.2) is 5.82 Å². The predicted molar refractivity (Wildman–Crippen MR) is 128 cm³/mol. The Morgan fingerprint density at radius 2 is 1.91 bits per heavy atom. The number of anilines is 1. The molecule has 8 heteroatoms. The number of fused-ring (bicyclic) bond motifs is 1. The van der Waals surface area contributed by atoms with Crippen LogP contribution in [-0.4, -0.2) is 52.3 Å². The molecule has 2 aromatic carbocycles. The number of aromatic nitrogens is 2. The summed E-state index contributed by atoms with van der Waals surface area (Å²) in [5.41, 5.74) is 5.07. The van der Waals surface area contributed by atoms with Crippen molar-refractivity contribution < 1.29 is 14.6 Å². The predicted octanol–water partition coefficient (Wildman–Crippen LogP) is 3.51. The average Bonchev–Trinajstić information content (AvgIpc) is 3.09. The van der Waals surface area contributed by atoms with Gasteiger partial charge in [0.2, 0.25) is 0 Å². The molecule has 33 heavy (non-hydrogen) atoms. The van der Waals surface area contributed by atoms with Gasteiger partial charge in [-0.3, -0.25) is 4.79 Å². The fraction of sp³-hybridized carbons (Fsp3) is 0.360. The number of ether oxygens (including phenoxy) is 1. The average molecular weight is 467 g/mol. The smallest absolute Gasteiger partial charge is 0.291 e. The number of likely N-dealkylation sites (N-methyl/N-ethyl adjacent to an activating group) is 1. The molecule has 1 aromatic heterocycles. The first-order valence-corrected chi connectivity index (χ1v) is 11.4. The largest absolute Gasteiger partial charge is 0.380 e. The second-order valence-corrected chi connectivity index (χ2v) is 9.38. The number of carbonyl (C=O) groups excluding carboxylic acids is 1. The maximum atomic E-state index is 13.1. The van der Waals surface area contributed by atoms with Crippen molar-refractivity contribution >= 4 is 23.2 Å². The van der Waals surface area contributed by atoms with Crippen LogP contribution in [0.3, 0.4) is 0 Å². The summed E-state index contributed by atoms with van der Waals surface area (Å²) in [6.07, 6.45) is 0.867. The lowest BCUT2D eigenvalue weighted by Crippen LogP contribution is -2.47. The van der Waals surface area contributed by atoms with Crippen molar-refractivity contribution in [2.45, 2.75) is 25.5 Å². The molecule has 0 atom stereocenters. The number of rotatable bonds is 4. The highest BCUT2D eigenvalue weighted by Crippen LogP contribution is 2.40. The summed E-state index contributed by atoms with van der Waals surface area (Å²) in [6.45, 7) is 4.22. The molecule has 172 valence electrons. The Bertz CT molecular complexity index is 1250. The number of benzene rings is 2. The number of hydrogen-bond donors (Lipinski definition) is 2. The molecule has 2 aliphatic rings. The molecule has 2 aliphatic heterocycles. The van der Waals surface area contributed by atoms with E-state index in [1.54, 1.807) is 6.07 Å². The van der Waals surface area contributed by atoms with Crippen LogP contribution >= 0.6 is 11.6 Å². The molecule has 7 nitrogen and oxygen atoms in total. The highest BCUT2D eigenvalue weighted by molar-refractivity contribution is 6.36. The molecule has 0 saturated carbocycles. The van der Waals surface area contributed by atoms with Crippen LogP contribution in [-0.2, 0) is 30.4 Å². The molecule has 3 heterocycles. The van der Waals surface area contributed by atoms with Crippen molar-refractivity contribution in [3.8, 4) is 11.1 Å². The van der Waals surface area contributed by atoms with Crippen molar-refractivity contribution in [1.29, 1.82) is 0 Å². The van der Waals surface area contributed by atoms with Gasteiger partial charge in [-0.2, -0.15) is 0 Å². The van der Waals surface area contributed by atoms with E-state index in [1.807, 2.05) is 48.9 Å². The Labute approximate surface area is 198 Å². The van der Waals surface area contributed by atoms with Gasteiger partial charge in [0.25, 0.3) is 5.91 Å². The lowest BCUT2D eigenvalue weighted by molar-refractivity contribution is -0.184. The van der Waals surface area contributed by atoms with Crippen LogP contribution in [0.5, 0.6) is 0 Å². The van der Waals surface area contributed by atoms with Gasteiger partial charge in [-0.15, -0.1) is 0 Å². The second-order valence-electron chi connectivity index (χ2n) is 9.00. The van der Waals surface area contributed by atoms with Crippen molar-refractivity contribution in [2.24, 2.45) is 7.05 Å². The minimum atomic E-state index is -0.968. The Balaban J connectivity index is 1.46. The first kappa shape index (κ1) is 22.1. The van der Waals surface area contributed by atoms with Crippen molar-refractivity contribution in [1.82, 2.24) is 14.5 Å². The molecule has 0 aliphatic carbocycles. The zero-order valence-corrected chi connectivity index (χ0v) is 19.7. The number of halogens is 1. The van der Waals surface area contributed by atoms with E-state index in [1.165, 1.54) is 0 Å². The summed E-state index contributed by atoms with van der Waals surface area (Å²) in [5.74, 6) is 0.0853. The second kappa shape index (κ2) is 8.25. The lowest BCUT2D eigenvalue weighted by Gasteiger charge is -2.38. The van der Waals surface area contributed by atoms with Gasteiger partial charge in [0.1, 0.15) is 5.60 Å². The quantitative estimate of drug-likeness (QED) is 0.615. The van der Waals surface area contributed by atoms with Crippen LogP contribution in [0.25, 0.3) is 11.1 Å². The third-order valence-corrected chi connectivity index (χ3v) is 7.11. The number of amides is 1.